The van der Waals surface area contributed by atoms with Gasteiger partial charge in [0.15, 0.2) is 5.11 Å². The Morgan fingerprint density at radius 2 is 1.55 bits per heavy atom. The van der Waals surface area contributed by atoms with Gasteiger partial charge in [-0.3, -0.25) is 4.98 Å². The molecule has 2 atom stereocenters. The van der Waals surface area contributed by atoms with Crippen LogP contribution in [0.1, 0.15) is 40.3 Å². The number of hydrogen-bond acceptors (Lipinski definition) is 4. The van der Waals surface area contributed by atoms with Crippen molar-refractivity contribution in [2.75, 3.05) is 4.90 Å². The quantitative estimate of drug-likeness (QED) is 0.215. The molecule has 0 radical (unpaired) electrons. The largest absolute Gasteiger partial charge is 0.508 e. The predicted molar refractivity (Wildman–Crippen MR) is 163 cm³/mol. The molecule has 0 spiro atoms. The molecule has 3 heterocycles. The van der Waals surface area contributed by atoms with Gasteiger partial charge in [0.1, 0.15) is 17.2 Å². The maximum atomic E-state index is 9.83. The Bertz CT molecular complexity index is 1660. The molecule has 1 aliphatic heterocycles. The molecule has 1 saturated heterocycles. The van der Waals surface area contributed by atoms with Gasteiger partial charge in [0.25, 0.3) is 0 Å². The van der Waals surface area contributed by atoms with Crippen LogP contribution in [0.2, 0.25) is 0 Å². The Kier molecular flexibility index (Phi) is 6.74. The van der Waals surface area contributed by atoms with Crippen LogP contribution in [0.3, 0.4) is 0 Å². The van der Waals surface area contributed by atoms with Crippen molar-refractivity contribution in [3.8, 4) is 22.9 Å². The molecule has 1 aliphatic rings. The zero-order valence-electron chi connectivity index (χ0n) is 22.6. The molecular formula is C33H30N4O2S. The van der Waals surface area contributed by atoms with E-state index in [0.717, 1.165) is 51.1 Å². The number of benzene rings is 3. The third-order valence-electron chi connectivity index (χ3n) is 7.43. The molecular weight excluding hydrogens is 516 g/mol. The van der Waals surface area contributed by atoms with Gasteiger partial charge in [-0.25, -0.2) is 0 Å². The van der Waals surface area contributed by atoms with E-state index < -0.39 is 0 Å². The van der Waals surface area contributed by atoms with Crippen LogP contribution >= 0.6 is 12.2 Å². The second-order valence-electron chi connectivity index (χ2n) is 10.0. The number of thiocarbonyl (C=S) groups is 1. The summed E-state index contributed by atoms with van der Waals surface area (Å²) in [4.78, 5) is 6.87. The molecule has 0 unspecified atom stereocenters. The molecule has 0 amide bonds. The lowest BCUT2D eigenvalue weighted by Gasteiger charge is -2.28. The van der Waals surface area contributed by atoms with E-state index in [2.05, 4.69) is 46.8 Å². The first kappa shape index (κ1) is 25.6. The molecule has 0 saturated carbocycles. The number of phenols is 1. The highest BCUT2D eigenvalue weighted by Gasteiger charge is 2.42. The van der Waals surface area contributed by atoms with Crippen molar-refractivity contribution in [2.45, 2.75) is 32.9 Å². The lowest BCUT2D eigenvalue weighted by molar-refractivity contribution is 0.475. The van der Waals surface area contributed by atoms with Crippen LogP contribution < -0.4 is 15.0 Å². The number of aromatic nitrogens is 2. The number of anilines is 1. The SMILES string of the molecule is Cc1ccccc1Oc1ccc(N2C(=S)N[C@H](c3ccccn3)[C@@H]2c2cc(C)n(-c3ccc(O)cc3)c2C)cc1. The summed E-state index contributed by atoms with van der Waals surface area (Å²) in [6.07, 6.45) is 1.82. The minimum absolute atomic E-state index is 0.136. The summed E-state index contributed by atoms with van der Waals surface area (Å²) in [7, 11) is 0. The molecule has 40 heavy (non-hydrogen) atoms. The zero-order chi connectivity index (χ0) is 27.8. The fourth-order valence-electron chi connectivity index (χ4n) is 5.51. The van der Waals surface area contributed by atoms with Crippen molar-refractivity contribution in [2.24, 2.45) is 0 Å². The van der Waals surface area contributed by atoms with Gasteiger partial charge in [0, 0.05) is 29.0 Å². The maximum Gasteiger partial charge on any atom is 0.174 e. The lowest BCUT2D eigenvalue weighted by Crippen LogP contribution is -2.29. The fourth-order valence-corrected chi connectivity index (χ4v) is 5.85. The molecule has 0 bridgehead atoms. The van der Waals surface area contributed by atoms with Crippen molar-refractivity contribution in [3.63, 3.8) is 0 Å². The number of hydrogen-bond donors (Lipinski definition) is 2. The smallest absolute Gasteiger partial charge is 0.174 e. The van der Waals surface area contributed by atoms with E-state index in [-0.39, 0.29) is 17.8 Å². The summed E-state index contributed by atoms with van der Waals surface area (Å²) in [6.45, 7) is 6.26. The van der Waals surface area contributed by atoms with E-state index in [0.29, 0.717) is 5.11 Å². The van der Waals surface area contributed by atoms with Gasteiger partial charge in [-0.05, 0) is 117 Å². The number of nitrogens with zero attached hydrogens (tertiary/aromatic N) is 3. The highest BCUT2D eigenvalue weighted by molar-refractivity contribution is 7.80. The van der Waals surface area contributed by atoms with Crippen LogP contribution in [0.25, 0.3) is 5.69 Å². The summed E-state index contributed by atoms with van der Waals surface area (Å²) in [6, 6.07) is 31.2. The number of rotatable bonds is 6. The Hall–Kier alpha value is -4.62. The van der Waals surface area contributed by atoms with Crippen molar-refractivity contribution >= 4 is 23.0 Å². The van der Waals surface area contributed by atoms with Gasteiger partial charge in [-0.2, -0.15) is 0 Å². The van der Waals surface area contributed by atoms with Crippen molar-refractivity contribution < 1.29 is 9.84 Å². The van der Waals surface area contributed by atoms with Gasteiger partial charge in [0.2, 0.25) is 0 Å². The van der Waals surface area contributed by atoms with E-state index >= 15 is 0 Å². The Morgan fingerprint density at radius 1 is 0.850 bits per heavy atom. The van der Waals surface area contributed by atoms with Crippen LogP contribution in [-0.4, -0.2) is 19.8 Å². The van der Waals surface area contributed by atoms with Crippen molar-refractivity contribution in [1.29, 1.82) is 0 Å². The number of phenolic OH excluding ortho intramolecular Hbond substituents is 1. The topological polar surface area (TPSA) is 62.5 Å². The fraction of sp³-hybridized carbons (Fsp3) is 0.152. The number of pyridine rings is 1. The van der Waals surface area contributed by atoms with E-state index in [1.807, 2.05) is 79.9 Å². The molecule has 7 heteroatoms. The van der Waals surface area contributed by atoms with E-state index in [9.17, 15) is 5.11 Å². The van der Waals surface area contributed by atoms with Crippen molar-refractivity contribution in [3.05, 3.63) is 131 Å². The number of nitrogens with one attached hydrogen (secondary N) is 1. The zero-order valence-corrected chi connectivity index (χ0v) is 23.4. The van der Waals surface area contributed by atoms with Crippen molar-refractivity contribution in [1.82, 2.24) is 14.9 Å². The number of para-hydroxylation sites is 1. The number of ether oxygens (including phenoxy) is 1. The third kappa shape index (κ3) is 4.69. The Labute approximate surface area is 239 Å². The standard InChI is InChI=1S/C33H30N4O2S/c1-21-8-4-5-10-30(21)39-27-17-13-25(14-18-27)37-32(31(35-33(37)40)29-9-6-7-19-34-29)28-20-22(2)36(23(28)3)24-11-15-26(38)16-12-24/h4-20,31-32,38H,1-3H3,(H,35,40)/t31-,32+/m1/s1. The van der Waals surface area contributed by atoms with Crippen LogP contribution in [0, 0.1) is 20.8 Å². The average Bonchev–Trinajstić information content (AvgIpc) is 3.46. The minimum Gasteiger partial charge on any atom is -0.508 e. The molecule has 2 aromatic heterocycles. The average molecular weight is 547 g/mol. The van der Waals surface area contributed by atoms with E-state index in [4.69, 9.17) is 21.9 Å². The van der Waals surface area contributed by atoms with Gasteiger partial charge < -0.3 is 24.6 Å². The molecule has 3 aromatic carbocycles. The van der Waals surface area contributed by atoms with Gasteiger partial charge in [-0.15, -0.1) is 0 Å². The predicted octanol–water partition coefficient (Wildman–Crippen LogP) is 7.47. The third-order valence-corrected chi connectivity index (χ3v) is 7.75. The summed E-state index contributed by atoms with van der Waals surface area (Å²) in [5, 5.41) is 14.0. The summed E-state index contributed by atoms with van der Waals surface area (Å²) >= 11 is 5.94. The molecule has 1 fully saturated rings. The minimum atomic E-state index is -0.148. The second-order valence-corrected chi connectivity index (χ2v) is 10.4. The second kappa shape index (κ2) is 10.5. The molecule has 0 aliphatic carbocycles. The monoisotopic (exact) mass is 546 g/mol. The highest BCUT2D eigenvalue weighted by Crippen LogP contribution is 2.44. The first-order valence-electron chi connectivity index (χ1n) is 13.2. The van der Waals surface area contributed by atoms with Crippen LogP contribution in [-0.2, 0) is 0 Å². The summed E-state index contributed by atoms with van der Waals surface area (Å²) in [5.41, 5.74) is 7.31. The lowest BCUT2D eigenvalue weighted by atomic mass is 9.96. The van der Waals surface area contributed by atoms with Gasteiger partial charge >= 0.3 is 0 Å². The van der Waals surface area contributed by atoms with Crippen LogP contribution in [0.5, 0.6) is 17.2 Å². The van der Waals surface area contributed by atoms with E-state index in [1.54, 1.807) is 12.1 Å². The van der Waals surface area contributed by atoms with Crippen LogP contribution in [0.15, 0.2) is 103 Å². The van der Waals surface area contributed by atoms with Crippen LogP contribution in [0.4, 0.5) is 5.69 Å². The molecule has 2 N–H and O–H groups in total. The highest BCUT2D eigenvalue weighted by atomic mass is 32.1. The molecule has 5 aromatic rings. The molecule has 200 valence electrons. The molecule has 6 rings (SSSR count). The summed E-state index contributed by atoms with van der Waals surface area (Å²) in [5.74, 6) is 1.84. The van der Waals surface area contributed by atoms with E-state index in [1.165, 1.54) is 0 Å². The Balaban J connectivity index is 1.41. The first-order valence-corrected chi connectivity index (χ1v) is 13.6. The first-order chi connectivity index (χ1) is 19.4. The normalized spacial score (nSPS) is 16.7. The number of aryl methyl sites for hydroxylation is 2. The summed E-state index contributed by atoms with van der Waals surface area (Å²) < 4.78 is 8.36. The molecule has 6 nitrogen and oxygen atoms in total. The van der Waals surface area contributed by atoms with Gasteiger partial charge in [-0.1, -0.05) is 24.3 Å². The number of aromatic hydroxyl groups is 1. The maximum absolute atomic E-state index is 9.83. The Morgan fingerprint density at radius 3 is 2.25 bits per heavy atom. The van der Waals surface area contributed by atoms with Gasteiger partial charge in [0.05, 0.1) is 17.8 Å².